The number of nitrogens with zero attached hydrogens (tertiary/aromatic N) is 3. The van der Waals surface area contributed by atoms with Crippen molar-refractivity contribution in [2.75, 3.05) is 25.5 Å². The Balaban J connectivity index is 1.46. The molecule has 0 saturated carbocycles. The highest BCUT2D eigenvalue weighted by Crippen LogP contribution is 2.23. The van der Waals surface area contributed by atoms with E-state index in [0.717, 1.165) is 24.2 Å². The number of amides is 1. The number of carbonyl (C=O) groups is 1. The molecule has 6 nitrogen and oxygen atoms in total. The van der Waals surface area contributed by atoms with Crippen LogP contribution >= 0.6 is 0 Å². The number of hydrogen-bond donors (Lipinski definition) is 1. The fraction of sp³-hybridized carbons (Fsp3) is 0.273. The van der Waals surface area contributed by atoms with Crippen molar-refractivity contribution in [2.24, 2.45) is 0 Å². The second-order valence-electron chi connectivity index (χ2n) is 7.09. The summed E-state index contributed by atoms with van der Waals surface area (Å²) in [6.45, 7) is 1.26. The van der Waals surface area contributed by atoms with Crippen LogP contribution in [0.2, 0.25) is 0 Å². The first kappa shape index (κ1) is 19.0. The predicted molar refractivity (Wildman–Crippen MR) is 109 cm³/mol. The van der Waals surface area contributed by atoms with Crippen molar-refractivity contribution in [1.82, 2.24) is 14.7 Å². The molecule has 2 aromatic carbocycles. The Morgan fingerprint density at radius 2 is 2.10 bits per heavy atom. The molecule has 29 heavy (non-hydrogen) atoms. The Labute approximate surface area is 168 Å². The molecule has 3 aromatic rings. The zero-order valence-electron chi connectivity index (χ0n) is 16.2. The Kier molecular flexibility index (Phi) is 5.46. The van der Waals surface area contributed by atoms with Gasteiger partial charge < -0.3 is 15.0 Å². The second kappa shape index (κ2) is 8.34. The number of methoxy groups -OCH3 is 1. The van der Waals surface area contributed by atoms with E-state index in [0.29, 0.717) is 24.4 Å². The highest BCUT2D eigenvalue weighted by Gasteiger charge is 2.25. The fourth-order valence-electron chi connectivity index (χ4n) is 3.66. The average Bonchev–Trinajstić information content (AvgIpc) is 3.23. The topological polar surface area (TPSA) is 59.4 Å². The molecule has 4 rings (SSSR count). The van der Waals surface area contributed by atoms with Gasteiger partial charge in [-0.25, -0.2) is 9.07 Å². The second-order valence-corrected chi connectivity index (χ2v) is 7.09. The third kappa shape index (κ3) is 4.23. The van der Waals surface area contributed by atoms with Crippen LogP contribution < -0.4 is 10.1 Å². The van der Waals surface area contributed by atoms with Gasteiger partial charge in [-0.2, -0.15) is 5.10 Å². The van der Waals surface area contributed by atoms with Gasteiger partial charge in [-0.3, -0.25) is 4.79 Å². The first-order chi connectivity index (χ1) is 14.1. The van der Waals surface area contributed by atoms with Crippen LogP contribution in [0.15, 0.2) is 60.9 Å². The number of halogens is 1. The van der Waals surface area contributed by atoms with Crippen LogP contribution in [0.1, 0.15) is 23.2 Å². The molecule has 7 heteroatoms. The summed E-state index contributed by atoms with van der Waals surface area (Å²) in [7, 11) is 1.61. The van der Waals surface area contributed by atoms with Crippen LogP contribution in [-0.4, -0.2) is 46.8 Å². The lowest BCUT2D eigenvalue weighted by Gasteiger charge is -2.33. The fourth-order valence-corrected chi connectivity index (χ4v) is 3.66. The molecule has 1 aliphatic heterocycles. The number of aromatic nitrogens is 2. The molecule has 1 aliphatic rings. The van der Waals surface area contributed by atoms with E-state index < -0.39 is 0 Å². The van der Waals surface area contributed by atoms with Gasteiger partial charge in [0.25, 0.3) is 5.91 Å². The number of piperidine rings is 1. The maximum atomic E-state index is 13.4. The van der Waals surface area contributed by atoms with Gasteiger partial charge in [-0.1, -0.05) is 18.2 Å². The van der Waals surface area contributed by atoms with E-state index in [9.17, 15) is 9.18 Å². The monoisotopic (exact) mass is 394 g/mol. The van der Waals surface area contributed by atoms with Crippen molar-refractivity contribution >= 4 is 11.6 Å². The van der Waals surface area contributed by atoms with Crippen LogP contribution in [0.4, 0.5) is 10.1 Å². The normalized spacial score (nSPS) is 16.5. The van der Waals surface area contributed by atoms with Crippen molar-refractivity contribution in [3.8, 4) is 11.4 Å². The molecular weight excluding hydrogens is 371 g/mol. The summed E-state index contributed by atoms with van der Waals surface area (Å²) < 4.78 is 20.4. The van der Waals surface area contributed by atoms with E-state index in [1.807, 2.05) is 35.2 Å². The Hall–Kier alpha value is -3.35. The van der Waals surface area contributed by atoms with E-state index in [-0.39, 0.29) is 17.8 Å². The highest BCUT2D eigenvalue weighted by molar-refractivity contribution is 5.94. The van der Waals surface area contributed by atoms with Gasteiger partial charge in [0.1, 0.15) is 17.3 Å². The van der Waals surface area contributed by atoms with Crippen LogP contribution in [0.5, 0.6) is 5.75 Å². The summed E-state index contributed by atoms with van der Waals surface area (Å²) >= 11 is 0. The number of rotatable bonds is 5. The van der Waals surface area contributed by atoms with Gasteiger partial charge in [-0.15, -0.1) is 0 Å². The summed E-state index contributed by atoms with van der Waals surface area (Å²) in [5, 5.41) is 7.67. The number of carbonyl (C=O) groups excluding carboxylic acids is 1. The van der Waals surface area contributed by atoms with Crippen LogP contribution in [0.3, 0.4) is 0 Å². The smallest absolute Gasteiger partial charge is 0.257 e. The maximum absolute atomic E-state index is 13.4. The lowest BCUT2D eigenvalue weighted by Crippen LogP contribution is -2.45. The van der Waals surface area contributed by atoms with E-state index in [2.05, 4.69) is 10.4 Å². The lowest BCUT2D eigenvalue weighted by molar-refractivity contribution is 0.0715. The third-order valence-corrected chi connectivity index (χ3v) is 5.07. The lowest BCUT2D eigenvalue weighted by atomic mass is 10.0. The molecule has 1 amide bonds. The van der Waals surface area contributed by atoms with Crippen molar-refractivity contribution in [1.29, 1.82) is 0 Å². The largest absolute Gasteiger partial charge is 0.494 e. The van der Waals surface area contributed by atoms with Crippen LogP contribution in [0.25, 0.3) is 5.69 Å². The first-order valence-electron chi connectivity index (χ1n) is 9.63. The molecular formula is C22H23FN4O2. The van der Waals surface area contributed by atoms with Crippen LogP contribution in [0, 0.1) is 5.82 Å². The van der Waals surface area contributed by atoms with Gasteiger partial charge in [0.05, 0.1) is 18.9 Å². The zero-order valence-corrected chi connectivity index (χ0v) is 16.2. The van der Waals surface area contributed by atoms with Crippen molar-refractivity contribution in [3.63, 3.8) is 0 Å². The maximum Gasteiger partial charge on any atom is 0.257 e. The number of nitrogens with one attached hydrogen (secondary N) is 1. The van der Waals surface area contributed by atoms with Gasteiger partial charge in [0.15, 0.2) is 0 Å². The van der Waals surface area contributed by atoms with E-state index in [1.54, 1.807) is 30.3 Å². The van der Waals surface area contributed by atoms with E-state index in [1.165, 1.54) is 12.1 Å². The number of para-hydroxylation sites is 2. The molecule has 1 atom stereocenters. The quantitative estimate of drug-likeness (QED) is 0.716. The minimum absolute atomic E-state index is 0.0584. The predicted octanol–water partition coefficient (Wildman–Crippen LogP) is 3.74. The standard InChI is InChI=1S/C22H23FN4O2/c1-29-21-10-3-2-9-20(21)27-14-16(13-24-27)22(28)26-11-5-8-19(15-26)25-18-7-4-6-17(23)12-18/h2-4,6-7,9-10,12-14,19,25H,5,8,11,15H2,1H3/t19-/m0/s1. The molecule has 0 radical (unpaired) electrons. The summed E-state index contributed by atoms with van der Waals surface area (Å²) in [4.78, 5) is 14.8. The van der Waals surface area contributed by atoms with Gasteiger partial charge >= 0.3 is 0 Å². The third-order valence-electron chi connectivity index (χ3n) is 5.07. The number of ether oxygens (including phenoxy) is 1. The number of anilines is 1. The Morgan fingerprint density at radius 1 is 1.24 bits per heavy atom. The molecule has 150 valence electrons. The van der Waals surface area contributed by atoms with Crippen molar-refractivity contribution in [3.05, 3.63) is 72.3 Å². The number of benzene rings is 2. The minimum atomic E-state index is -0.275. The van der Waals surface area contributed by atoms with Gasteiger partial charge in [0, 0.05) is 31.0 Å². The van der Waals surface area contributed by atoms with Gasteiger partial charge in [0.2, 0.25) is 0 Å². The Bertz CT molecular complexity index is 1000. The molecule has 0 bridgehead atoms. The minimum Gasteiger partial charge on any atom is -0.494 e. The van der Waals surface area contributed by atoms with Crippen molar-refractivity contribution in [2.45, 2.75) is 18.9 Å². The molecule has 1 saturated heterocycles. The summed E-state index contributed by atoms with van der Waals surface area (Å²) in [5.74, 6) is 0.353. The average molecular weight is 394 g/mol. The van der Waals surface area contributed by atoms with E-state index >= 15 is 0 Å². The van der Waals surface area contributed by atoms with E-state index in [4.69, 9.17) is 4.74 Å². The zero-order chi connectivity index (χ0) is 20.2. The summed E-state index contributed by atoms with van der Waals surface area (Å²) in [6.07, 6.45) is 5.13. The Morgan fingerprint density at radius 3 is 2.93 bits per heavy atom. The molecule has 0 spiro atoms. The summed E-state index contributed by atoms with van der Waals surface area (Å²) in [6, 6.07) is 14.0. The molecule has 2 heterocycles. The van der Waals surface area contributed by atoms with Crippen molar-refractivity contribution < 1.29 is 13.9 Å². The highest BCUT2D eigenvalue weighted by atomic mass is 19.1. The number of likely N-dealkylation sites (tertiary alicyclic amines) is 1. The molecule has 1 fully saturated rings. The molecule has 1 N–H and O–H groups in total. The number of hydrogen-bond acceptors (Lipinski definition) is 4. The molecule has 0 unspecified atom stereocenters. The molecule has 0 aliphatic carbocycles. The SMILES string of the molecule is COc1ccccc1-n1cc(C(=O)N2CCC[C@H](Nc3cccc(F)c3)C2)cn1. The molecule has 1 aromatic heterocycles. The van der Waals surface area contributed by atoms with Crippen LogP contribution in [-0.2, 0) is 0 Å². The first-order valence-corrected chi connectivity index (χ1v) is 9.63. The summed E-state index contributed by atoms with van der Waals surface area (Å²) in [5.41, 5.74) is 2.04. The van der Waals surface area contributed by atoms with Gasteiger partial charge in [-0.05, 0) is 43.2 Å².